The van der Waals surface area contributed by atoms with Crippen LogP contribution in [0.5, 0.6) is 0 Å². The van der Waals surface area contributed by atoms with E-state index in [1.54, 1.807) is 12.3 Å². The largest absolute Gasteiger partial charge is 0.491 e. The van der Waals surface area contributed by atoms with Crippen molar-refractivity contribution in [2.45, 2.75) is 45.8 Å². The number of carbonyl (C=O) groups is 1. The van der Waals surface area contributed by atoms with E-state index in [0.717, 1.165) is 11.0 Å². The molecule has 1 aliphatic heterocycles. The summed E-state index contributed by atoms with van der Waals surface area (Å²) in [6, 6.07) is 1.59. The average molecular weight is 350 g/mol. The van der Waals surface area contributed by atoms with E-state index in [0.29, 0.717) is 5.75 Å². The lowest BCUT2D eigenvalue weighted by atomic mass is 9.78. The first-order chi connectivity index (χ1) is 11.0. The van der Waals surface area contributed by atoms with Crippen LogP contribution in [-0.4, -0.2) is 34.2 Å². The molecule has 2 heterocycles. The van der Waals surface area contributed by atoms with E-state index in [1.807, 2.05) is 33.8 Å². The molecule has 130 valence electrons. The van der Waals surface area contributed by atoms with E-state index in [4.69, 9.17) is 15.0 Å². The molecule has 6 nitrogen and oxygen atoms in total. The van der Waals surface area contributed by atoms with Gasteiger partial charge in [0.1, 0.15) is 0 Å². The van der Waals surface area contributed by atoms with Crippen molar-refractivity contribution in [2.75, 3.05) is 11.5 Å². The lowest BCUT2D eigenvalue weighted by Gasteiger charge is -2.32. The Labute approximate surface area is 146 Å². The van der Waals surface area contributed by atoms with Crippen molar-refractivity contribution in [1.29, 1.82) is 0 Å². The smallest absolute Gasteiger partial charge is 0.400 e. The average Bonchev–Trinajstić information content (AvgIpc) is 2.67. The summed E-state index contributed by atoms with van der Waals surface area (Å²) in [7, 11) is -0.560. The highest BCUT2D eigenvalue weighted by Crippen LogP contribution is 2.39. The number of nitrogens with one attached hydrogen (secondary N) is 1. The van der Waals surface area contributed by atoms with Crippen LogP contribution in [-0.2, 0) is 14.1 Å². The number of carbonyl (C=O) groups excluding carboxylic acids is 1. The molecule has 1 aliphatic rings. The number of aromatic nitrogens is 1. The SMILES string of the molecule is CC(=O)SCC(=Cc1c[nH]c(=O)c(N)c1)B1OC(C)(C)C(C)(C)O1. The van der Waals surface area contributed by atoms with Crippen LogP contribution in [0.3, 0.4) is 0 Å². The number of thioether (sulfide) groups is 1. The molecule has 0 aliphatic carbocycles. The molecule has 1 aromatic heterocycles. The summed E-state index contributed by atoms with van der Waals surface area (Å²) in [5.41, 5.74) is 6.06. The number of hydrogen-bond donors (Lipinski definition) is 2. The molecular formula is C16H23BN2O4S. The predicted molar refractivity (Wildman–Crippen MR) is 98.7 cm³/mol. The van der Waals surface area contributed by atoms with Gasteiger partial charge in [-0.2, -0.15) is 0 Å². The zero-order valence-electron chi connectivity index (χ0n) is 14.6. The number of hydrogen-bond acceptors (Lipinski definition) is 6. The summed E-state index contributed by atoms with van der Waals surface area (Å²) in [6.07, 6.45) is 3.41. The molecular weight excluding hydrogens is 327 g/mol. The molecule has 1 saturated heterocycles. The first-order valence-electron chi connectivity index (χ1n) is 7.69. The van der Waals surface area contributed by atoms with Gasteiger partial charge in [0, 0.05) is 18.9 Å². The molecule has 0 aromatic carbocycles. The molecule has 0 spiro atoms. The van der Waals surface area contributed by atoms with Gasteiger partial charge in [-0.1, -0.05) is 17.8 Å². The molecule has 0 amide bonds. The number of anilines is 1. The van der Waals surface area contributed by atoms with Gasteiger partial charge in [-0.25, -0.2) is 0 Å². The normalized spacial score (nSPS) is 19.5. The molecule has 0 radical (unpaired) electrons. The Hall–Kier alpha value is -1.51. The van der Waals surface area contributed by atoms with Crippen LogP contribution in [0.4, 0.5) is 5.69 Å². The van der Waals surface area contributed by atoms with Crippen LogP contribution in [0, 0.1) is 0 Å². The highest BCUT2D eigenvalue weighted by molar-refractivity contribution is 8.13. The van der Waals surface area contributed by atoms with Crippen molar-refractivity contribution in [1.82, 2.24) is 4.98 Å². The number of H-pyrrole nitrogens is 1. The predicted octanol–water partition coefficient (Wildman–Crippen LogP) is 2.25. The lowest BCUT2D eigenvalue weighted by Crippen LogP contribution is -2.41. The van der Waals surface area contributed by atoms with Crippen molar-refractivity contribution >= 4 is 35.8 Å². The van der Waals surface area contributed by atoms with Crippen molar-refractivity contribution < 1.29 is 14.1 Å². The Kier molecular flexibility index (Phi) is 5.32. The number of pyridine rings is 1. The summed E-state index contributed by atoms with van der Waals surface area (Å²) in [5.74, 6) is 0.436. The Morgan fingerprint density at radius 2 is 1.92 bits per heavy atom. The van der Waals surface area contributed by atoms with Crippen molar-refractivity contribution in [3.63, 3.8) is 0 Å². The fourth-order valence-corrected chi connectivity index (χ4v) is 2.76. The Balaban J connectivity index is 2.34. The van der Waals surface area contributed by atoms with E-state index < -0.39 is 18.3 Å². The zero-order chi connectivity index (χ0) is 18.1. The van der Waals surface area contributed by atoms with Crippen LogP contribution < -0.4 is 11.3 Å². The number of nitrogen functional groups attached to an aromatic ring is 1. The standard InChI is InChI=1S/C16H23BN2O4S/c1-10(20)24-9-12(6-11-7-13(18)14(21)19-8-11)17-22-15(2,3)16(4,5)23-17/h6-8H,9,18H2,1-5H3,(H,19,21). The second-order valence-electron chi connectivity index (χ2n) is 6.81. The van der Waals surface area contributed by atoms with E-state index in [-0.39, 0.29) is 16.4 Å². The minimum atomic E-state index is -0.560. The monoisotopic (exact) mass is 350 g/mol. The molecule has 0 atom stereocenters. The quantitative estimate of drug-likeness (QED) is 0.809. The van der Waals surface area contributed by atoms with Gasteiger partial charge in [-0.3, -0.25) is 9.59 Å². The fraction of sp³-hybridized carbons (Fsp3) is 0.500. The van der Waals surface area contributed by atoms with Gasteiger partial charge >= 0.3 is 7.12 Å². The molecule has 3 N–H and O–H groups in total. The topological polar surface area (TPSA) is 94.4 Å². The molecule has 1 aromatic rings. The van der Waals surface area contributed by atoms with Crippen LogP contribution in [0.1, 0.15) is 40.2 Å². The van der Waals surface area contributed by atoms with E-state index in [9.17, 15) is 9.59 Å². The summed E-state index contributed by atoms with van der Waals surface area (Å²) in [6.45, 7) is 9.41. The maximum Gasteiger partial charge on any atom is 0.491 e. The zero-order valence-corrected chi connectivity index (χ0v) is 15.5. The molecule has 0 saturated carbocycles. The minimum absolute atomic E-state index is 0.0124. The van der Waals surface area contributed by atoms with Gasteiger partial charge in [-0.05, 0) is 44.8 Å². The number of rotatable bonds is 4. The molecule has 2 rings (SSSR count). The summed E-state index contributed by atoms with van der Waals surface area (Å²) in [4.78, 5) is 25.3. The summed E-state index contributed by atoms with van der Waals surface area (Å²) in [5, 5.41) is 0.0124. The maximum absolute atomic E-state index is 11.4. The fourth-order valence-electron chi connectivity index (χ4n) is 2.17. The van der Waals surface area contributed by atoms with Gasteiger partial charge in [0.05, 0.1) is 16.9 Å². The Morgan fingerprint density at radius 3 is 2.42 bits per heavy atom. The number of nitrogens with two attached hydrogens (primary N) is 1. The first-order valence-corrected chi connectivity index (χ1v) is 8.68. The Morgan fingerprint density at radius 1 is 1.33 bits per heavy atom. The molecule has 0 bridgehead atoms. The highest BCUT2D eigenvalue weighted by atomic mass is 32.2. The molecule has 24 heavy (non-hydrogen) atoms. The first kappa shape index (κ1) is 18.8. The Bertz CT molecular complexity index is 711. The van der Waals surface area contributed by atoms with Gasteiger partial charge in [0.2, 0.25) is 0 Å². The van der Waals surface area contributed by atoms with Gasteiger partial charge in [-0.15, -0.1) is 0 Å². The van der Waals surface area contributed by atoms with Crippen LogP contribution >= 0.6 is 11.8 Å². The second kappa shape index (κ2) is 6.78. The van der Waals surface area contributed by atoms with Crippen molar-refractivity contribution in [3.05, 3.63) is 33.7 Å². The molecule has 0 unspecified atom stereocenters. The number of aromatic amines is 1. The lowest BCUT2D eigenvalue weighted by molar-refractivity contribution is -0.109. The van der Waals surface area contributed by atoms with Crippen LogP contribution in [0.2, 0.25) is 0 Å². The van der Waals surface area contributed by atoms with E-state index in [2.05, 4.69) is 4.98 Å². The van der Waals surface area contributed by atoms with E-state index >= 15 is 0 Å². The summed E-state index contributed by atoms with van der Waals surface area (Å²) < 4.78 is 12.1. The third-order valence-corrected chi connectivity index (χ3v) is 5.19. The van der Waals surface area contributed by atoms with Gasteiger partial charge in [0.15, 0.2) is 5.12 Å². The van der Waals surface area contributed by atoms with Crippen molar-refractivity contribution in [3.8, 4) is 0 Å². The van der Waals surface area contributed by atoms with Gasteiger partial charge in [0.25, 0.3) is 5.56 Å². The second-order valence-corrected chi connectivity index (χ2v) is 7.96. The maximum atomic E-state index is 11.4. The third-order valence-electron chi connectivity index (χ3n) is 4.30. The van der Waals surface area contributed by atoms with Crippen LogP contribution in [0.15, 0.2) is 22.5 Å². The summed E-state index contributed by atoms with van der Waals surface area (Å²) >= 11 is 1.18. The van der Waals surface area contributed by atoms with E-state index in [1.165, 1.54) is 18.7 Å². The molecule has 1 fully saturated rings. The van der Waals surface area contributed by atoms with Crippen LogP contribution in [0.25, 0.3) is 6.08 Å². The third kappa shape index (κ3) is 4.12. The van der Waals surface area contributed by atoms with Gasteiger partial charge < -0.3 is 20.0 Å². The molecule has 8 heteroatoms. The van der Waals surface area contributed by atoms with Crippen molar-refractivity contribution in [2.24, 2.45) is 0 Å². The minimum Gasteiger partial charge on any atom is -0.400 e. The highest BCUT2D eigenvalue weighted by Gasteiger charge is 2.52.